The van der Waals surface area contributed by atoms with E-state index in [2.05, 4.69) is 186 Å². The monoisotopic (exact) mass is 1440 g/mol. The summed E-state index contributed by atoms with van der Waals surface area (Å²) in [4.78, 5) is 19.0. The number of rotatable bonds is 1. The number of amides is 1. The molecule has 0 aromatic heterocycles. The lowest BCUT2D eigenvalue weighted by molar-refractivity contribution is 0.0272. The van der Waals surface area contributed by atoms with Gasteiger partial charge >= 0.3 is 0 Å². The lowest BCUT2D eigenvalue weighted by Crippen LogP contribution is -2.66. The van der Waals surface area contributed by atoms with E-state index in [4.69, 9.17) is 0 Å². The van der Waals surface area contributed by atoms with Crippen LogP contribution >= 0.6 is 0 Å². The first-order chi connectivity index (χ1) is 58.2. The summed E-state index contributed by atoms with van der Waals surface area (Å²) in [6.45, 7) is 0. The largest absolute Gasteiger partial charge is 0.273 e. The Labute approximate surface area is 647 Å². The highest BCUT2D eigenvalue weighted by Gasteiger charge is 2.84. The summed E-state index contributed by atoms with van der Waals surface area (Å²) in [5.41, 5.74) is 9.99. The van der Waals surface area contributed by atoms with E-state index in [1.54, 1.807) is 0 Å². The number of nitrogens with zero attached hydrogens (tertiary/aromatic N) is 2. The van der Waals surface area contributed by atoms with Crippen molar-refractivity contribution in [1.82, 2.24) is 5.01 Å². The number of fused-ring (bicyclic) bond motifs is 12. The fourth-order valence-corrected chi connectivity index (χ4v) is 36.0. The molecule has 117 heavy (non-hydrogen) atoms. The SMILES string of the molecule is O=C1c2ccccc2C2N(c3ccccc3)N1C13c4c5c6c7c8c9c%10c%11c%12ccc%13c%14ccc%15c%16ccc%17c%18ccc%19c%20c(c%21c4c4c%22c%23ccc(c%24ccc%25c%26ccc%27c%28ccc%29c%30ccc%23c%23c%30c%30c%31c%29c%28c%28c%29c%27c%26c(c8c%25c%246)c6c9c(c%11%13)c8c%14c%15c9c%11c%16c%17c%13c(c%20%18)c%21c(c%234)c%30c%13c%11c%31c%28c9c8c%296)c5%22)C1c1c(c=%12ccc1=%19)C%10C723. The molecule has 1 amide bonds. The van der Waals surface area contributed by atoms with Gasteiger partial charge in [0.05, 0.1) is 17.1 Å². The second-order valence-corrected chi connectivity index (χ2v) is 39.5. The third-order valence-corrected chi connectivity index (χ3v) is 37.7. The molecule has 36 aromatic rings. The predicted molar refractivity (Wildman–Crippen MR) is 486 cm³/mol. The second kappa shape index (κ2) is 12.9. The van der Waals surface area contributed by atoms with E-state index in [-0.39, 0.29) is 23.8 Å². The maximum Gasteiger partial charge on any atom is 0.273 e. The average Bonchev–Trinajstić information content (AvgIpc) is 1.55. The van der Waals surface area contributed by atoms with E-state index in [9.17, 15) is 0 Å². The highest BCUT2D eigenvalue weighted by molar-refractivity contribution is 6.75. The van der Waals surface area contributed by atoms with Gasteiger partial charge in [-0.3, -0.25) is 9.80 Å². The first-order valence-electron chi connectivity index (χ1n) is 42.7. The van der Waals surface area contributed by atoms with Crippen molar-refractivity contribution < 1.29 is 4.79 Å². The van der Waals surface area contributed by atoms with Crippen LogP contribution in [0.25, 0.3) is 355 Å². The van der Waals surface area contributed by atoms with Gasteiger partial charge in [-0.2, -0.15) is 0 Å². The summed E-state index contributed by atoms with van der Waals surface area (Å²) in [5.74, 6) is -0.493. The van der Waals surface area contributed by atoms with Gasteiger partial charge in [-0.05, 0) is 434 Å². The third-order valence-electron chi connectivity index (χ3n) is 37.7. The molecular weight excluding hydrogens is 1410 g/mol. The molecule has 22 bridgehead atoms. The molecule has 2 aliphatic heterocycles. The highest BCUT2D eigenvalue weighted by Crippen LogP contribution is 2.88. The van der Waals surface area contributed by atoms with Gasteiger partial charge in [0.25, 0.3) is 5.91 Å². The van der Waals surface area contributed by atoms with Gasteiger partial charge in [0.15, 0.2) is 0 Å². The number of para-hydroxylation sites is 1. The van der Waals surface area contributed by atoms with Gasteiger partial charge < -0.3 is 0 Å². The summed E-state index contributed by atoms with van der Waals surface area (Å²) in [6, 6.07) is 73.7. The van der Waals surface area contributed by atoms with Crippen molar-refractivity contribution in [3.8, 4) is 0 Å². The zero-order chi connectivity index (χ0) is 71.6. The molecule has 2 heterocycles. The van der Waals surface area contributed by atoms with Crippen molar-refractivity contribution in [2.75, 3.05) is 5.01 Å². The minimum atomic E-state index is -1.14. The van der Waals surface area contributed by atoms with E-state index < -0.39 is 11.0 Å². The molecule has 5 unspecified atom stereocenters. The molecular formula is C114H32N2O. The molecule has 7 aliphatic carbocycles. The zero-order valence-electron chi connectivity index (χ0n) is 60.8. The van der Waals surface area contributed by atoms with Crippen LogP contribution < -0.4 is 5.01 Å². The Balaban J connectivity index is 0.990. The predicted octanol–water partition coefficient (Wildman–Crippen LogP) is 29.1. The third kappa shape index (κ3) is 3.38. The summed E-state index contributed by atoms with van der Waals surface area (Å²) in [6.07, 6.45) is 0. The number of hydrazine groups is 1. The lowest BCUT2D eigenvalue weighted by atomic mass is 9.36. The summed E-state index contributed by atoms with van der Waals surface area (Å²) in [7, 11) is 0. The molecule has 36 aromatic carbocycles. The molecule has 9 aliphatic rings. The van der Waals surface area contributed by atoms with Gasteiger partial charge in [0.2, 0.25) is 0 Å². The Morgan fingerprint density at radius 1 is 0.205 bits per heavy atom. The molecule has 1 fully saturated rings. The minimum absolute atomic E-state index is 0.124. The standard InChI is InChI=1S/C114H32N2O/c117-112-52-9-5-4-8-51(52)111-113-107-71-49-28-29-50-48-27-23-42-38-17-13-32-31-12-16-37-41-22-26-47(49)67-63(41)81-79-57(37)55(31)73-74-56(32)58(38)80-82-64(42)68(48)102-100-98(82)96-84-62-40-19-15-36-34-11-10-33-35-14-18-39-43-20-24-45-46-25-21-44(40)66-70(46)104(110(106(100)86(66)84)114(113,109(102)72(50)71)116(112)115(111)30-6-2-1-3-7-30)103-69(45)65(43)85-83-61(39)59(35)77-75-53(33)54(34)76-78(60(36)62)94(96)92(80)90(74)88(76)87(75)89(73)91(79)93(77)95(83)97(81)99(101(67)107)105(85)108(103)113/h1-29,107,109,111H. The Bertz CT molecular complexity index is 12000. The number of carbonyl (C=O) groups excluding carboxylic acids is 1. The molecule has 0 saturated carbocycles. The number of hydrogen-bond acceptors (Lipinski definition) is 2. The summed E-state index contributed by atoms with van der Waals surface area (Å²) >= 11 is 0. The van der Waals surface area contributed by atoms with Crippen LogP contribution in [0.5, 0.6) is 0 Å². The van der Waals surface area contributed by atoms with Gasteiger partial charge in [-0.25, -0.2) is 5.01 Å². The van der Waals surface area contributed by atoms with Gasteiger partial charge in [-0.1, -0.05) is 158 Å². The quantitative estimate of drug-likeness (QED) is 0.121. The van der Waals surface area contributed by atoms with Crippen LogP contribution in [0.1, 0.15) is 67.2 Å². The number of carbonyl (C=O) groups is 1. The van der Waals surface area contributed by atoms with Crippen molar-refractivity contribution in [2.45, 2.75) is 28.8 Å². The minimum Gasteiger partial charge on any atom is -0.273 e. The van der Waals surface area contributed by atoms with Crippen LogP contribution in [-0.2, 0) is 11.0 Å². The normalized spacial score (nSPS) is 21.1. The van der Waals surface area contributed by atoms with E-state index >= 15 is 4.79 Å². The molecule has 0 radical (unpaired) electrons. The Kier molecular flexibility index (Phi) is 5.38. The van der Waals surface area contributed by atoms with Crippen LogP contribution in [0.15, 0.2) is 176 Å². The van der Waals surface area contributed by atoms with Crippen molar-refractivity contribution in [3.05, 3.63) is 241 Å². The maximum atomic E-state index is 19.0. The maximum absolute atomic E-state index is 19.0. The molecule has 504 valence electrons. The van der Waals surface area contributed by atoms with Gasteiger partial charge in [-0.15, -0.1) is 0 Å². The topological polar surface area (TPSA) is 23.6 Å². The fraction of sp³-hybridized carbons (Fsp3) is 0.0439. The van der Waals surface area contributed by atoms with Crippen molar-refractivity contribution >= 4 is 367 Å². The number of anilines is 1. The molecule has 2 spiro atoms. The van der Waals surface area contributed by atoms with Crippen LogP contribution in [-0.4, -0.2) is 10.9 Å². The van der Waals surface area contributed by atoms with Crippen molar-refractivity contribution in [1.29, 1.82) is 0 Å². The Morgan fingerprint density at radius 2 is 0.462 bits per heavy atom. The van der Waals surface area contributed by atoms with Crippen LogP contribution in [0.4, 0.5) is 5.69 Å². The van der Waals surface area contributed by atoms with Crippen LogP contribution in [0.3, 0.4) is 0 Å². The van der Waals surface area contributed by atoms with Crippen molar-refractivity contribution in [2.24, 2.45) is 0 Å². The van der Waals surface area contributed by atoms with Crippen LogP contribution in [0, 0.1) is 20.9 Å². The van der Waals surface area contributed by atoms with E-state index in [1.165, 1.54) is 410 Å². The van der Waals surface area contributed by atoms with Gasteiger partial charge in [0.1, 0.15) is 5.54 Å². The van der Waals surface area contributed by atoms with Gasteiger partial charge in [0, 0.05) is 17.4 Å². The van der Waals surface area contributed by atoms with Crippen LogP contribution in [0.2, 0.25) is 0 Å². The van der Waals surface area contributed by atoms with E-state index in [0.29, 0.717) is 0 Å². The zero-order valence-corrected chi connectivity index (χ0v) is 60.8. The molecule has 45 rings (SSSR count). The second-order valence-electron chi connectivity index (χ2n) is 39.5. The lowest BCUT2D eigenvalue weighted by Gasteiger charge is -2.65. The van der Waals surface area contributed by atoms with E-state index in [1.807, 2.05) is 0 Å². The van der Waals surface area contributed by atoms with E-state index in [0.717, 1.165) is 16.8 Å². The first-order valence-corrected chi connectivity index (χ1v) is 42.7. The fourth-order valence-electron chi connectivity index (χ4n) is 36.0. The first kappa shape index (κ1) is 49.0. The molecule has 1 saturated heterocycles. The summed E-state index contributed by atoms with van der Waals surface area (Å²) in [5, 5.41) is 107. The Hall–Kier alpha value is -14.8. The molecule has 5 atom stereocenters. The summed E-state index contributed by atoms with van der Waals surface area (Å²) < 4.78 is 0. The smallest absolute Gasteiger partial charge is 0.273 e. The number of hydrogen-bond donors (Lipinski definition) is 0. The molecule has 3 heteroatoms. The molecule has 0 N–H and O–H groups in total. The highest BCUT2D eigenvalue weighted by atomic mass is 16.2. The number of benzene rings is 36. The van der Waals surface area contributed by atoms with Crippen molar-refractivity contribution in [3.63, 3.8) is 0 Å². The average molecular weight is 1450 g/mol. The molecule has 3 nitrogen and oxygen atoms in total. The Morgan fingerprint density at radius 3 is 0.838 bits per heavy atom.